The lowest BCUT2D eigenvalue weighted by Crippen LogP contribution is -2.19. The van der Waals surface area contributed by atoms with E-state index in [1.54, 1.807) is 0 Å². The highest BCUT2D eigenvalue weighted by atomic mass is 19.4. The summed E-state index contributed by atoms with van der Waals surface area (Å²) in [5.41, 5.74) is -2.18. The zero-order valence-electron chi connectivity index (χ0n) is 12.3. The predicted octanol–water partition coefficient (Wildman–Crippen LogP) is 3.88. The highest BCUT2D eigenvalue weighted by Gasteiger charge is 2.34. The van der Waals surface area contributed by atoms with Gasteiger partial charge in [0, 0.05) is 5.69 Å². The van der Waals surface area contributed by atoms with Gasteiger partial charge < -0.3 is 10.1 Å². The summed E-state index contributed by atoms with van der Waals surface area (Å²) in [6.45, 7) is 0. The van der Waals surface area contributed by atoms with Crippen LogP contribution in [-0.4, -0.2) is 19.0 Å². The van der Waals surface area contributed by atoms with Gasteiger partial charge in [0.05, 0.1) is 23.8 Å². The van der Waals surface area contributed by atoms with Crippen LogP contribution in [0.2, 0.25) is 0 Å². The molecule has 0 saturated carbocycles. The van der Waals surface area contributed by atoms with Gasteiger partial charge in [0.1, 0.15) is 5.82 Å². The third-order valence-corrected chi connectivity index (χ3v) is 3.11. The minimum atomic E-state index is -4.70. The van der Waals surface area contributed by atoms with Crippen LogP contribution in [0.15, 0.2) is 42.5 Å². The van der Waals surface area contributed by atoms with Gasteiger partial charge in [0.15, 0.2) is 0 Å². The van der Waals surface area contributed by atoms with Gasteiger partial charge in [-0.25, -0.2) is 9.18 Å². The monoisotopic (exact) mass is 341 g/mol. The molecule has 0 aliphatic heterocycles. The molecule has 0 aliphatic rings. The molecule has 1 amide bonds. The van der Waals surface area contributed by atoms with Crippen LogP contribution < -0.4 is 5.32 Å². The molecule has 24 heavy (non-hydrogen) atoms. The van der Waals surface area contributed by atoms with E-state index in [1.807, 2.05) is 0 Å². The average Bonchev–Trinajstić information content (AvgIpc) is 2.55. The highest BCUT2D eigenvalue weighted by Crippen LogP contribution is 2.32. The van der Waals surface area contributed by atoms with Gasteiger partial charge in [-0.1, -0.05) is 12.1 Å². The molecule has 0 bridgehead atoms. The zero-order valence-corrected chi connectivity index (χ0v) is 12.3. The molecule has 126 valence electrons. The molecule has 0 aliphatic carbocycles. The number of benzene rings is 2. The van der Waals surface area contributed by atoms with Crippen molar-refractivity contribution in [3.05, 3.63) is 65.0 Å². The van der Waals surface area contributed by atoms with Crippen LogP contribution in [0.1, 0.15) is 26.3 Å². The van der Waals surface area contributed by atoms with Gasteiger partial charge in [0.25, 0.3) is 5.91 Å². The van der Waals surface area contributed by atoms with Gasteiger partial charge in [-0.05, 0) is 30.3 Å². The second-order valence-electron chi connectivity index (χ2n) is 4.68. The van der Waals surface area contributed by atoms with Gasteiger partial charge in [-0.15, -0.1) is 0 Å². The predicted molar refractivity (Wildman–Crippen MR) is 77.1 cm³/mol. The first kappa shape index (κ1) is 17.5. The van der Waals surface area contributed by atoms with Gasteiger partial charge in [-0.2, -0.15) is 13.2 Å². The van der Waals surface area contributed by atoms with Crippen molar-refractivity contribution in [3.8, 4) is 0 Å². The number of hydrogen-bond acceptors (Lipinski definition) is 3. The maximum Gasteiger partial charge on any atom is 0.417 e. The largest absolute Gasteiger partial charge is 0.465 e. The zero-order chi connectivity index (χ0) is 17.9. The number of carbonyl (C=O) groups is 2. The highest BCUT2D eigenvalue weighted by molar-refractivity contribution is 6.06. The molecule has 0 heterocycles. The Bertz CT molecular complexity index is 787. The number of halogens is 4. The van der Waals surface area contributed by atoms with E-state index >= 15 is 0 Å². The van der Waals surface area contributed by atoms with Gasteiger partial charge in [-0.3, -0.25) is 4.79 Å². The van der Waals surface area contributed by atoms with E-state index in [4.69, 9.17) is 0 Å². The number of carbonyl (C=O) groups excluding carboxylic acids is 2. The molecule has 0 unspecified atom stereocenters. The Morgan fingerprint density at radius 2 is 1.71 bits per heavy atom. The van der Waals surface area contributed by atoms with Gasteiger partial charge in [0.2, 0.25) is 0 Å². The maximum absolute atomic E-state index is 13.5. The second kappa shape index (κ2) is 6.69. The van der Waals surface area contributed by atoms with Crippen LogP contribution in [0.3, 0.4) is 0 Å². The maximum atomic E-state index is 13.5. The third-order valence-electron chi connectivity index (χ3n) is 3.11. The van der Waals surface area contributed by atoms with E-state index in [2.05, 4.69) is 10.1 Å². The topological polar surface area (TPSA) is 55.4 Å². The van der Waals surface area contributed by atoms with Crippen molar-refractivity contribution in [1.82, 2.24) is 0 Å². The van der Waals surface area contributed by atoms with Crippen LogP contribution in [0.25, 0.3) is 0 Å². The Kier molecular flexibility index (Phi) is 4.87. The smallest absolute Gasteiger partial charge is 0.417 e. The van der Waals surface area contributed by atoms with Crippen LogP contribution in [0, 0.1) is 5.82 Å². The fourth-order valence-corrected chi connectivity index (χ4v) is 2.00. The number of hydrogen-bond donors (Lipinski definition) is 1. The molecule has 0 radical (unpaired) electrons. The molecule has 2 aromatic carbocycles. The van der Waals surface area contributed by atoms with Crippen molar-refractivity contribution < 1.29 is 31.9 Å². The first-order valence-electron chi connectivity index (χ1n) is 6.59. The Hall–Kier alpha value is -2.90. The molecular formula is C16H11F4NO3. The first-order valence-corrected chi connectivity index (χ1v) is 6.59. The molecule has 0 saturated heterocycles. The molecule has 0 spiro atoms. The van der Waals surface area contributed by atoms with Crippen LogP contribution >= 0.6 is 0 Å². The second-order valence-corrected chi connectivity index (χ2v) is 4.68. The number of ether oxygens (including phenoxy) is 1. The van der Waals surface area contributed by atoms with Crippen LogP contribution in [-0.2, 0) is 10.9 Å². The number of methoxy groups -OCH3 is 1. The van der Waals surface area contributed by atoms with E-state index in [1.165, 1.54) is 6.07 Å². The van der Waals surface area contributed by atoms with Crippen molar-refractivity contribution in [3.63, 3.8) is 0 Å². The minimum Gasteiger partial charge on any atom is -0.465 e. The number of alkyl halides is 3. The Balaban J connectivity index is 2.33. The van der Waals surface area contributed by atoms with E-state index in [0.29, 0.717) is 0 Å². The summed E-state index contributed by atoms with van der Waals surface area (Å²) in [6.07, 6.45) is -4.70. The normalized spacial score (nSPS) is 11.0. The van der Waals surface area contributed by atoms with E-state index < -0.39 is 40.6 Å². The summed E-state index contributed by atoms with van der Waals surface area (Å²) in [6, 6.07) is 7.24. The van der Waals surface area contributed by atoms with Crippen molar-refractivity contribution in [1.29, 1.82) is 0 Å². The Labute approximate surface area is 134 Å². The summed E-state index contributed by atoms with van der Waals surface area (Å²) in [7, 11) is 1.05. The molecule has 8 heteroatoms. The van der Waals surface area contributed by atoms with Crippen molar-refractivity contribution in [2.24, 2.45) is 0 Å². The third kappa shape index (κ3) is 3.70. The summed E-state index contributed by atoms with van der Waals surface area (Å²) < 4.78 is 56.7. The Morgan fingerprint density at radius 1 is 1.04 bits per heavy atom. The lowest BCUT2D eigenvalue weighted by Gasteiger charge is -2.13. The van der Waals surface area contributed by atoms with Gasteiger partial charge >= 0.3 is 12.1 Å². The summed E-state index contributed by atoms with van der Waals surface area (Å²) in [5.74, 6) is -2.89. The first-order chi connectivity index (χ1) is 11.2. The number of esters is 1. The fraction of sp³-hybridized carbons (Fsp3) is 0.125. The summed E-state index contributed by atoms with van der Waals surface area (Å²) >= 11 is 0. The van der Waals surface area contributed by atoms with Crippen LogP contribution in [0.5, 0.6) is 0 Å². The van der Waals surface area contributed by atoms with Crippen molar-refractivity contribution >= 4 is 17.6 Å². The molecule has 4 nitrogen and oxygen atoms in total. The van der Waals surface area contributed by atoms with E-state index in [0.717, 1.165) is 43.5 Å². The molecule has 2 aromatic rings. The van der Waals surface area contributed by atoms with Crippen molar-refractivity contribution in [2.45, 2.75) is 6.18 Å². The summed E-state index contributed by atoms with van der Waals surface area (Å²) in [4.78, 5) is 23.5. The Morgan fingerprint density at radius 3 is 2.33 bits per heavy atom. The molecule has 2 rings (SSSR count). The number of anilines is 1. The summed E-state index contributed by atoms with van der Waals surface area (Å²) in [5, 5.41) is 2.20. The fourth-order valence-electron chi connectivity index (χ4n) is 2.00. The lowest BCUT2D eigenvalue weighted by atomic mass is 10.1. The standard InChI is InChI=1S/C16H11F4NO3/c1-24-15(23)11-8-9(6-7-13(11)17)21-14(22)10-4-2-3-5-12(10)16(18,19)20/h2-8H,1H3,(H,21,22). The van der Waals surface area contributed by atoms with E-state index in [9.17, 15) is 27.2 Å². The average molecular weight is 341 g/mol. The SMILES string of the molecule is COC(=O)c1cc(NC(=O)c2ccccc2C(F)(F)F)ccc1F. The number of nitrogens with one attached hydrogen (secondary N) is 1. The molecule has 0 aromatic heterocycles. The molecule has 1 N–H and O–H groups in total. The molecule has 0 atom stereocenters. The van der Waals surface area contributed by atoms with Crippen molar-refractivity contribution in [2.75, 3.05) is 12.4 Å². The molecular weight excluding hydrogens is 330 g/mol. The van der Waals surface area contributed by atoms with E-state index in [-0.39, 0.29) is 5.69 Å². The minimum absolute atomic E-state index is 0.0428. The lowest BCUT2D eigenvalue weighted by molar-refractivity contribution is -0.137. The number of rotatable bonds is 3. The van der Waals surface area contributed by atoms with Crippen LogP contribution in [0.4, 0.5) is 23.2 Å². The quantitative estimate of drug-likeness (QED) is 0.681. The molecule has 0 fully saturated rings. The number of amides is 1.